The van der Waals surface area contributed by atoms with Gasteiger partial charge in [-0.2, -0.15) is 0 Å². The number of halogens is 2. The molecule has 0 unspecified atom stereocenters. The Kier molecular flexibility index (Phi) is 4.73. The van der Waals surface area contributed by atoms with Crippen LogP contribution in [-0.4, -0.2) is 48.3 Å². The average molecular weight is 341 g/mol. The summed E-state index contributed by atoms with van der Waals surface area (Å²) in [5.74, 6) is 0.217. The minimum Gasteiger partial charge on any atom is -0.343 e. The predicted octanol–water partition coefficient (Wildman–Crippen LogP) is 2.68. The van der Waals surface area contributed by atoms with Crippen molar-refractivity contribution < 1.29 is 9.59 Å². The summed E-state index contributed by atoms with van der Waals surface area (Å²) in [6.45, 7) is 0. The molecule has 0 spiro atoms. The zero-order valence-corrected chi connectivity index (χ0v) is 13.7. The average Bonchev–Trinajstić information content (AvgIpc) is 2.90. The maximum Gasteiger partial charge on any atom is 0.273 e. The van der Waals surface area contributed by atoms with Crippen molar-refractivity contribution in [2.75, 3.05) is 26.0 Å². The summed E-state index contributed by atoms with van der Waals surface area (Å²) >= 11 is 12.3. The van der Waals surface area contributed by atoms with Gasteiger partial charge in [-0.1, -0.05) is 29.3 Å². The van der Waals surface area contributed by atoms with Gasteiger partial charge in [0.15, 0.2) is 5.82 Å². The Bertz CT molecular complexity index is 707. The number of rotatable bonds is 4. The van der Waals surface area contributed by atoms with Gasteiger partial charge in [0.05, 0.1) is 15.6 Å². The summed E-state index contributed by atoms with van der Waals surface area (Å²) < 4.78 is 0. The summed E-state index contributed by atoms with van der Waals surface area (Å²) in [5, 5.41) is 0.788. The molecule has 0 bridgehead atoms. The first-order valence-corrected chi connectivity index (χ1v) is 7.06. The van der Waals surface area contributed by atoms with E-state index < -0.39 is 0 Å². The van der Waals surface area contributed by atoms with Crippen LogP contribution in [0.4, 0.5) is 5.82 Å². The Morgan fingerprint density at radius 2 is 1.82 bits per heavy atom. The zero-order valence-electron chi connectivity index (χ0n) is 12.2. The molecule has 6 nitrogen and oxygen atoms in total. The highest BCUT2D eigenvalue weighted by Gasteiger charge is 2.23. The fraction of sp³-hybridized carbons (Fsp3) is 0.214. The summed E-state index contributed by atoms with van der Waals surface area (Å²) in [4.78, 5) is 33.1. The minimum absolute atomic E-state index is 0.186. The van der Waals surface area contributed by atoms with Crippen molar-refractivity contribution in [2.24, 2.45) is 0 Å². The number of carbonyl (C=O) groups is 2. The van der Waals surface area contributed by atoms with Gasteiger partial charge in [0.2, 0.25) is 6.41 Å². The molecular formula is C14H14Cl2N4O2. The molecule has 1 heterocycles. The van der Waals surface area contributed by atoms with Gasteiger partial charge in [-0.15, -0.1) is 0 Å². The van der Waals surface area contributed by atoms with Crippen LogP contribution >= 0.6 is 23.2 Å². The number of anilines is 1. The molecule has 0 saturated heterocycles. The first kappa shape index (κ1) is 16.3. The van der Waals surface area contributed by atoms with Gasteiger partial charge in [-0.25, -0.2) is 4.98 Å². The van der Waals surface area contributed by atoms with E-state index in [1.54, 1.807) is 32.3 Å². The van der Waals surface area contributed by atoms with E-state index in [1.807, 2.05) is 0 Å². The Morgan fingerprint density at radius 3 is 2.32 bits per heavy atom. The Hall–Kier alpha value is -2.05. The molecule has 2 amide bonds. The van der Waals surface area contributed by atoms with Crippen molar-refractivity contribution in [2.45, 2.75) is 0 Å². The van der Waals surface area contributed by atoms with Crippen LogP contribution in [0.15, 0.2) is 18.2 Å². The van der Waals surface area contributed by atoms with Crippen molar-refractivity contribution in [3.63, 3.8) is 0 Å². The SMILES string of the molecule is CN(C)C(=O)c1[nH]c(-c2c(Cl)cccc2Cl)nc1N(C)C=O. The van der Waals surface area contributed by atoms with Crippen molar-refractivity contribution in [3.05, 3.63) is 33.9 Å². The summed E-state index contributed by atoms with van der Waals surface area (Å²) in [6.07, 6.45) is 0.570. The molecule has 1 aromatic heterocycles. The molecule has 0 atom stereocenters. The molecule has 1 N–H and O–H groups in total. The molecule has 0 saturated carbocycles. The van der Waals surface area contributed by atoms with Crippen molar-refractivity contribution in [1.82, 2.24) is 14.9 Å². The second kappa shape index (κ2) is 6.37. The zero-order chi connectivity index (χ0) is 16.4. The molecule has 0 aliphatic rings. The molecule has 0 fully saturated rings. The number of carbonyl (C=O) groups excluding carboxylic acids is 2. The van der Waals surface area contributed by atoms with Gasteiger partial charge in [-0.05, 0) is 12.1 Å². The Balaban J connectivity index is 2.65. The van der Waals surface area contributed by atoms with Crippen LogP contribution < -0.4 is 4.90 Å². The van der Waals surface area contributed by atoms with Crippen LogP contribution in [0.25, 0.3) is 11.4 Å². The molecule has 116 valence electrons. The van der Waals surface area contributed by atoms with E-state index >= 15 is 0 Å². The number of hydrogen-bond donors (Lipinski definition) is 1. The van der Waals surface area contributed by atoms with Crippen LogP contribution in [0, 0.1) is 0 Å². The number of aromatic amines is 1. The summed E-state index contributed by atoms with van der Waals surface area (Å²) in [5.41, 5.74) is 0.662. The lowest BCUT2D eigenvalue weighted by Crippen LogP contribution is -2.25. The van der Waals surface area contributed by atoms with Gasteiger partial charge in [0.25, 0.3) is 5.91 Å². The number of imidazole rings is 1. The Labute approximate surface area is 137 Å². The third-order valence-electron chi connectivity index (χ3n) is 3.00. The molecule has 22 heavy (non-hydrogen) atoms. The lowest BCUT2D eigenvalue weighted by molar-refractivity contribution is -0.107. The van der Waals surface area contributed by atoms with Crippen molar-refractivity contribution in [3.8, 4) is 11.4 Å². The third kappa shape index (κ3) is 2.93. The topological polar surface area (TPSA) is 69.3 Å². The number of hydrogen-bond acceptors (Lipinski definition) is 3. The first-order valence-electron chi connectivity index (χ1n) is 6.31. The van der Waals surface area contributed by atoms with E-state index in [1.165, 1.54) is 16.8 Å². The molecule has 0 radical (unpaired) electrons. The first-order chi connectivity index (χ1) is 10.4. The predicted molar refractivity (Wildman–Crippen MR) is 86.5 cm³/mol. The number of aromatic nitrogens is 2. The quantitative estimate of drug-likeness (QED) is 0.870. The van der Waals surface area contributed by atoms with Crippen LogP contribution in [0.5, 0.6) is 0 Å². The number of benzene rings is 1. The molecule has 1 aromatic carbocycles. The molecule has 2 rings (SSSR count). The van der Waals surface area contributed by atoms with Crippen LogP contribution in [0.2, 0.25) is 10.0 Å². The smallest absolute Gasteiger partial charge is 0.273 e. The fourth-order valence-electron chi connectivity index (χ4n) is 1.88. The summed E-state index contributed by atoms with van der Waals surface area (Å²) in [6, 6.07) is 5.05. The maximum atomic E-state index is 12.2. The number of amides is 2. The normalized spacial score (nSPS) is 10.4. The highest BCUT2D eigenvalue weighted by Crippen LogP contribution is 2.34. The maximum absolute atomic E-state index is 12.2. The van der Waals surface area contributed by atoms with Gasteiger partial charge >= 0.3 is 0 Å². The van der Waals surface area contributed by atoms with Gasteiger partial charge in [0.1, 0.15) is 11.5 Å². The fourth-order valence-corrected chi connectivity index (χ4v) is 2.46. The van der Waals surface area contributed by atoms with E-state index in [0.717, 1.165) is 0 Å². The van der Waals surface area contributed by atoms with E-state index in [-0.39, 0.29) is 17.4 Å². The van der Waals surface area contributed by atoms with Crippen LogP contribution in [0.1, 0.15) is 10.5 Å². The monoisotopic (exact) mass is 340 g/mol. The van der Waals surface area contributed by atoms with Crippen molar-refractivity contribution in [1.29, 1.82) is 0 Å². The molecule has 2 aromatic rings. The van der Waals surface area contributed by atoms with E-state index in [0.29, 0.717) is 27.8 Å². The number of nitrogens with one attached hydrogen (secondary N) is 1. The van der Waals surface area contributed by atoms with Gasteiger partial charge in [-0.3, -0.25) is 9.59 Å². The van der Waals surface area contributed by atoms with Crippen LogP contribution in [0.3, 0.4) is 0 Å². The molecular weight excluding hydrogens is 327 g/mol. The van der Waals surface area contributed by atoms with E-state index in [9.17, 15) is 9.59 Å². The minimum atomic E-state index is -0.314. The largest absolute Gasteiger partial charge is 0.343 e. The highest BCUT2D eigenvalue weighted by molar-refractivity contribution is 6.39. The lowest BCUT2D eigenvalue weighted by Gasteiger charge is -2.12. The van der Waals surface area contributed by atoms with Crippen molar-refractivity contribution >= 4 is 41.3 Å². The van der Waals surface area contributed by atoms with Crippen LogP contribution in [-0.2, 0) is 4.79 Å². The number of H-pyrrole nitrogens is 1. The second-order valence-corrected chi connectivity index (χ2v) is 5.61. The number of nitrogens with zero attached hydrogens (tertiary/aromatic N) is 3. The standard InChI is InChI=1S/C14H14Cl2N4O2/c1-19(2)14(22)11-13(20(3)7-21)18-12(17-11)10-8(15)5-4-6-9(10)16/h4-7H,1-3H3,(H,17,18). The second-order valence-electron chi connectivity index (χ2n) is 4.80. The van der Waals surface area contributed by atoms with E-state index in [4.69, 9.17) is 23.2 Å². The lowest BCUT2D eigenvalue weighted by atomic mass is 10.2. The van der Waals surface area contributed by atoms with Gasteiger partial charge < -0.3 is 14.8 Å². The third-order valence-corrected chi connectivity index (χ3v) is 3.63. The molecule has 0 aliphatic carbocycles. The highest BCUT2D eigenvalue weighted by atomic mass is 35.5. The van der Waals surface area contributed by atoms with E-state index in [2.05, 4.69) is 9.97 Å². The summed E-state index contributed by atoms with van der Waals surface area (Å²) in [7, 11) is 4.72. The Morgan fingerprint density at radius 1 is 1.23 bits per heavy atom. The molecule has 0 aliphatic heterocycles. The van der Waals surface area contributed by atoms with Gasteiger partial charge in [0, 0.05) is 21.1 Å². The molecule has 8 heteroatoms.